The number of rotatable bonds is 15. The second-order valence-electron chi connectivity index (χ2n) is 20.8. The number of ether oxygens (including phenoxy) is 3. The van der Waals surface area contributed by atoms with Gasteiger partial charge in [0.1, 0.15) is 52.0 Å². The molecule has 0 saturated heterocycles. The number of aryl methyl sites for hydroxylation is 6. The average molecular weight is 1050 g/mol. The minimum Gasteiger partial charge on any atom is -0.457 e. The van der Waals surface area contributed by atoms with Crippen molar-refractivity contribution in [3.63, 3.8) is 0 Å². The summed E-state index contributed by atoms with van der Waals surface area (Å²) >= 11 is 0. The summed E-state index contributed by atoms with van der Waals surface area (Å²) in [5.74, 6) is 7.01. The van der Waals surface area contributed by atoms with E-state index in [4.69, 9.17) is 29.2 Å². The Kier molecular flexibility index (Phi) is 13.6. The van der Waals surface area contributed by atoms with E-state index in [1.807, 2.05) is 110 Å². The number of hydrogen-bond acceptors (Lipinski definition) is 6. The van der Waals surface area contributed by atoms with Crippen LogP contribution in [0.15, 0.2) is 237 Å². The van der Waals surface area contributed by atoms with Gasteiger partial charge in [0, 0.05) is 76.3 Å². The molecule has 9 heteroatoms. The Bertz CT molecular complexity index is 3710. The Labute approximate surface area is 467 Å². The van der Waals surface area contributed by atoms with Crippen LogP contribution in [0.1, 0.15) is 57.0 Å². The van der Waals surface area contributed by atoms with Crippen LogP contribution in [0.3, 0.4) is 0 Å². The van der Waals surface area contributed by atoms with Gasteiger partial charge >= 0.3 is 0 Å². The van der Waals surface area contributed by atoms with Crippen LogP contribution >= 0.6 is 0 Å². The van der Waals surface area contributed by atoms with Gasteiger partial charge in [0.15, 0.2) is 0 Å². The number of aromatic nitrogens is 6. The van der Waals surface area contributed by atoms with Gasteiger partial charge in [-0.2, -0.15) is 0 Å². The van der Waals surface area contributed by atoms with Crippen LogP contribution in [0.5, 0.6) is 34.5 Å². The van der Waals surface area contributed by atoms with Crippen molar-refractivity contribution < 1.29 is 14.2 Å². The van der Waals surface area contributed by atoms with Crippen LogP contribution < -0.4 is 14.2 Å². The zero-order chi connectivity index (χ0) is 54.9. The summed E-state index contributed by atoms with van der Waals surface area (Å²) in [5.41, 5.74) is 16.3. The number of hydrogen-bond donors (Lipinski definition) is 0. The fourth-order valence-electron chi connectivity index (χ4n) is 10.9. The second kappa shape index (κ2) is 21.4. The molecule has 392 valence electrons. The summed E-state index contributed by atoms with van der Waals surface area (Å²) in [6.45, 7) is 15.0. The Hall–Kier alpha value is -9.99. The Morgan fingerprint density at radius 3 is 0.775 bits per heavy atom. The lowest BCUT2D eigenvalue weighted by Gasteiger charge is -2.32. The lowest BCUT2D eigenvalue weighted by atomic mass is 9.71. The first-order valence-electron chi connectivity index (χ1n) is 26.9. The standard InChI is InChI=1S/C71H60N6O3/c1-47-8-35-65(50(4)44-47)75-41-38-72-68(75)53-11-23-59(24-12-53)78-62-29-17-56(18-30-62)71(7,57-19-31-63(32-20-57)79-60-25-13-54(14-26-60)69-73-39-42-76(69)66-36-9-48(2)45-51(66)5)58-21-33-64(34-22-58)80-61-27-15-55(16-28-61)70-74-40-43-77(70)67-37-10-49(3)46-52(67)6/h8-46H,1-7H3. The summed E-state index contributed by atoms with van der Waals surface area (Å²) < 4.78 is 25.8. The molecule has 80 heavy (non-hydrogen) atoms. The van der Waals surface area contributed by atoms with Crippen LogP contribution in [0.4, 0.5) is 0 Å². The molecule has 0 N–H and O–H groups in total. The molecule has 0 amide bonds. The molecule has 0 fully saturated rings. The highest BCUT2D eigenvalue weighted by Crippen LogP contribution is 2.42. The van der Waals surface area contributed by atoms with Crippen molar-refractivity contribution in [1.82, 2.24) is 28.7 Å². The van der Waals surface area contributed by atoms with Gasteiger partial charge in [-0.05, 0) is 209 Å². The molecule has 0 aliphatic heterocycles. The topological polar surface area (TPSA) is 81.2 Å². The predicted octanol–water partition coefficient (Wildman–Crippen LogP) is 17.8. The van der Waals surface area contributed by atoms with E-state index < -0.39 is 5.41 Å². The van der Waals surface area contributed by atoms with Crippen LogP contribution in [0.25, 0.3) is 51.2 Å². The molecule has 9 aromatic carbocycles. The molecule has 0 spiro atoms. The van der Waals surface area contributed by atoms with E-state index in [0.717, 1.165) is 102 Å². The molecule has 0 saturated carbocycles. The minimum atomic E-state index is -0.590. The quantitative estimate of drug-likeness (QED) is 0.0952. The molecule has 0 unspecified atom stereocenters. The van der Waals surface area contributed by atoms with Gasteiger partial charge in [-0.3, -0.25) is 13.7 Å². The SMILES string of the molecule is Cc1ccc(-n2ccnc2-c2ccc(Oc3ccc(C(C)(c4ccc(Oc5ccc(-c6nccn6-c6ccc(C)cc6C)cc5)cc4)c4ccc(Oc5ccc(-c6nccn6-c6ccc(C)cc6C)cc5)cc4)cc3)cc2)c(C)c1. The Balaban J connectivity index is 0.793. The zero-order valence-electron chi connectivity index (χ0n) is 45.9. The second-order valence-corrected chi connectivity index (χ2v) is 20.8. The molecule has 0 aliphatic carbocycles. The fraction of sp³-hybridized carbons (Fsp3) is 0.113. The fourth-order valence-corrected chi connectivity index (χ4v) is 10.9. The highest BCUT2D eigenvalue weighted by Gasteiger charge is 2.32. The summed E-state index contributed by atoms with van der Waals surface area (Å²) in [6.07, 6.45) is 11.6. The number of benzene rings is 9. The molecule has 3 aromatic heterocycles. The smallest absolute Gasteiger partial charge is 0.144 e. The van der Waals surface area contributed by atoms with Crippen LogP contribution in [-0.4, -0.2) is 28.7 Å². The highest BCUT2D eigenvalue weighted by molar-refractivity contribution is 5.64. The van der Waals surface area contributed by atoms with Gasteiger partial charge in [-0.25, -0.2) is 15.0 Å². The van der Waals surface area contributed by atoms with E-state index in [9.17, 15) is 0 Å². The van der Waals surface area contributed by atoms with E-state index in [0.29, 0.717) is 0 Å². The first kappa shape index (κ1) is 50.8. The minimum absolute atomic E-state index is 0.590. The highest BCUT2D eigenvalue weighted by atomic mass is 16.5. The van der Waals surface area contributed by atoms with Crippen molar-refractivity contribution in [1.29, 1.82) is 0 Å². The first-order chi connectivity index (χ1) is 38.9. The first-order valence-corrected chi connectivity index (χ1v) is 26.9. The van der Waals surface area contributed by atoms with Gasteiger partial charge in [-0.15, -0.1) is 0 Å². The van der Waals surface area contributed by atoms with Crippen LogP contribution in [0.2, 0.25) is 0 Å². The maximum atomic E-state index is 6.48. The lowest BCUT2D eigenvalue weighted by Crippen LogP contribution is -2.25. The van der Waals surface area contributed by atoms with Crippen molar-refractivity contribution in [3.05, 3.63) is 287 Å². The van der Waals surface area contributed by atoms with Crippen molar-refractivity contribution in [2.24, 2.45) is 0 Å². The lowest BCUT2D eigenvalue weighted by molar-refractivity contribution is 0.481. The van der Waals surface area contributed by atoms with Gasteiger partial charge < -0.3 is 14.2 Å². The third-order valence-corrected chi connectivity index (χ3v) is 15.1. The number of nitrogens with zero attached hydrogens (tertiary/aromatic N) is 6. The molecule has 12 aromatic rings. The van der Waals surface area contributed by atoms with E-state index >= 15 is 0 Å². The van der Waals surface area contributed by atoms with E-state index in [-0.39, 0.29) is 0 Å². The molecule has 3 heterocycles. The molecule has 0 atom stereocenters. The number of imidazole rings is 3. The van der Waals surface area contributed by atoms with Crippen molar-refractivity contribution >= 4 is 0 Å². The molecule has 0 radical (unpaired) electrons. The van der Waals surface area contributed by atoms with E-state index in [1.165, 1.54) is 33.4 Å². The zero-order valence-corrected chi connectivity index (χ0v) is 45.9. The Morgan fingerprint density at radius 1 is 0.300 bits per heavy atom. The molecule has 0 aliphatic rings. The van der Waals surface area contributed by atoms with Crippen LogP contribution in [0, 0.1) is 41.5 Å². The summed E-state index contributed by atoms with van der Waals surface area (Å²) in [7, 11) is 0. The van der Waals surface area contributed by atoms with E-state index in [1.54, 1.807) is 0 Å². The van der Waals surface area contributed by atoms with Gasteiger partial charge in [-0.1, -0.05) is 89.5 Å². The van der Waals surface area contributed by atoms with Crippen molar-refractivity contribution in [3.8, 4) is 85.7 Å². The summed E-state index contributed by atoms with van der Waals surface area (Å²) in [4.78, 5) is 14.2. The third kappa shape index (κ3) is 10.2. The largest absolute Gasteiger partial charge is 0.457 e. The molecular formula is C71H60N6O3. The maximum absolute atomic E-state index is 6.48. The van der Waals surface area contributed by atoms with Gasteiger partial charge in [0.25, 0.3) is 0 Å². The van der Waals surface area contributed by atoms with Gasteiger partial charge in [0.2, 0.25) is 0 Å². The predicted molar refractivity (Wildman–Crippen MR) is 321 cm³/mol. The summed E-state index contributed by atoms with van der Waals surface area (Å²) in [6, 6.07) is 68.9. The summed E-state index contributed by atoms with van der Waals surface area (Å²) in [5, 5.41) is 0. The molecule has 0 bridgehead atoms. The normalized spacial score (nSPS) is 11.4. The molecule has 9 nitrogen and oxygen atoms in total. The Morgan fingerprint density at radius 2 is 0.537 bits per heavy atom. The molecule has 12 rings (SSSR count). The monoisotopic (exact) mass is 1040 g/mol. The van der Waals surface area contributed by atoms with E-state index in [2.05, 4.69) is 190 Å². The molecular weight excluding hydrogens is 985 g/mol. The average Bonchev–Trinajstić information content (AvgIpc) is 4.30. The third-order valence-electron chi connectivity index (χ3n) is 15.1. The van der Waals surface area contributed by atoms with Crippen LogP contribution in [-0.2, 0) is 5.41 Å². The van der Waals surface area contributed by atoms with Crippen molar-refractivity contribution in [2.75, 3.05) is 0 Å². The van der Waals surface area contributed by atoms with Crippen molar-refractivity contribution in [2.45, 2.75) is 53.9 Å². The van der Waals surface area contributed by atoms with Gasteiger partial charge in [0.05, 0.1) is 0 Å². The maximum Gasteiger partial charge on any atom is 0.144 e.